The third kappa shape index (κ3) is 5.48. The molecule has 1 amide bonds. The van der Waals surface area contributed by atoms with Crippen LogP contribution in [-0.2, 0) is 9.47 Å². The Bertz CT molecular complexity index is 789. The summed E-state index contributed by atoms with van der Waals surface area (Å²) in [5, 5.41) is 5.89. The molecule has 0 bridgehead atoms. The van der Waals surface area contributed by atoms with Gasteiger partial charge in [0.25, 0.3) is 5.91 Å². The van der Waals surface area contributed by atoms with Gasteiger partial charge in [-0.3, -0.25) is 9.69 Å². The number of hydrogen-bond donors (Lipinski definition) is 2. The van der Waals surface area contributed by atoms with Crippen LogP contribution in [0.1, 0.15) is 20.7 Å². The SMILES string of the molecule is COC(=O)c1ccc(NC(=O)c2cnc(NCCN3CCOCC3)nc2)cc1. The van der Waals surface area contributed by atoms with Crippen LogP contribution in [0, 0.1) is 0 Å². The summed E-state index contributed by atoms with van der Waals surface area (Å²) in [7, 11) is 1.32. The largest absolute Gasteiger partial charge is 0.465 e. The molecule has 28 heavy (non-hydrogen) atoms. The molecule has 0 atom stereocenters. The number of esters is 1. The number of aromatic nitrogens is 2. The lowest BCUT2D eigenvalue weighted by molar-refractivity contribution is 0.0398. The number of nitrogens with one attached hydrogen (secondary N) is 2. The third-order valence-corrected chi connectivity index (χ3v) is 4.29. The van der Waals surface area contributed by atoms with E-state index in [0.717, 1.165) is 39.4 Å². The lowest BCUT2D eigenvalue weighted by Gasteiger charge is -2.26. The Morgan fingerprint density at radius 3 is 2.43 bits per heavy atom. The van der Waals surface area contributed by atoms with Crippen molar-refractivity contribution in [3.05, 3.63) is 47.8 Å². The minimum Gasteiger partial charge on any atom is -0.465 e. The van der Waals surface area contributed by atoms with E-state index in [1.165, 1.54) is 19.5 Å². The zero-order valence-corrected chi connectivity index (χ0v) is 15.7. The minimum absolute atomic E-state index is 0.328. The van der Waals surface area contributed by atoms with Gasteiger partial charge in [-0.1, -0.05) is 0 Å². The van der Waals surface area contributed by atoms with Crippen molar-refractivity contribution in [1.82, 2.24) is 14.9 Å². The molecule has 1 aromatic carbocycles. The molecule has 0 spiro atoms. The van der Waals surface area contributed by atoms with Crippen LogP contribution >= 0.6 is 0 Å². The first-order valence-corrected chi connectivity index (χ1v) is 9.01. The lowest BCUT2D eigenvalue weighted by atomic mass is 10.2. The summed E-state index contributed by atoms with van der Waals surface area (Å²) < 4.78 is 9.96. The molecule has 2 aromatic rings. The third-order valence-electron chi connectivity index (χ3n) is 4.29. The van der Waals surface area contributed by atoms with Crippen LogP contribution in [0.3, 0.4) is 0 Å². The summed E-state index contributed by atoms with van der Waals surface area (Å²) in [5.41, 5.74) is 1.32. The molecule has 9 nitrogen and oxygen atoms in total. The van der Waals surface area contributed by atoms with Crippen LogP contribution in [0.15, 0.2) is 36.7 Å². The van der Waals surface area contributed by atoms with Crippen LogP contribution in [0.5, 0.6) is 0 Å². The average molecular weight is 385 g/mol. The van der Waals surface area contributed by atoms with Gasteiger partial charge in [0.05, 0.1) is 31.5 Å². The van der Waals surface area contributed by atoms with Gasteiger partial charge in [-0.05, 0) is 24.3 Å². The zero-order chi connectivity index (χ0) is 19.8. The number of benzene rings is 1. The maximum atomic E-state index is 12.3. The number of morpholine rings is 1. The second kappa shape index (κ2) is 9.77. The Hall–Kier alpha value is -3.04. The van der Waals surface area contributed by atoms with Crippen LogP contribution in [-0.4, -0.2) is 73.2 Å². The number of nitrogens with zero attached hydrogens (tertiary/aromatic N) is 3. The van der Waals surface area contributed by atoms with Gasteiger partial charge < -0.3 is 20.1 Å². The Morgan fingerprint density at radius 1 is 1.11 bits per heavy atom. The van der Waals surface area contributed by atoms with E-state index in [-0.39, 0.29) is 5.91 Å². The van der Waals surface area contributed by atoms with Crippen molar-refractivity contribution in [3.8, 4) is 0 Å². The second-order valence-corrected chi connectivity index (χ2v) is 6.20. The number of amides is 1. The molecule has 148 valence electrons. The van der Waals surface area contributed by atoms with E-state index in [0.29, 0.717) is 22.8 Å². The van der Waals surface area contributed by atoms with Gasteiger partial charge >= 0.3 is 5.97 Å². The summed E-state index contributed by atoms with van der Waals surface area (Å²) in [6.45, 7) is 5.01. The summed E-state index contributed by atoms with van der Waals surface area (Å²) >= 11 is 0. The van der Waals surface area contributed by atoms with Crippen LogP contribution in [0.4, 0.5) is 11.6 Å². The zero-order valence-electron chi connectivity index (χ0n) is 15.7. The highest BCUT2D eigenvalue weighted by Gasteiger charge is 2.11. The van der Waals surface area contributed by atoms with Gasteiger partial charge in [0.1, 0.15) is 0 Å². The molecule has 1 fully saturated rings. The smallest absolute Gasteiger partial charge is 0.337 e. The molecule has 0 radical (unpaired) electrons. The lowest BCUT2D eigenvalue weighted by Crippen LogP contribution is -2.39. The van der Waals surface area contributed by atoms with E-state index < -0.39 is 5.97 Å². The molecule has 3 rings (SSSR count). The maximum absolute atomic E-state index is 12.3. The molecule has 0 saturated carbocycles. The van der Waals surface area contributed by atoms with E-state index in [4.69, 9.17) is 4.74 Å². The Balaban J connectivity index is 1.48. The van der Waals surface area contributed by atoms with Gasteiger partial charge in [-0.15, -0.1) is 0 Å². The highest BCUT2D eigenvalue weighted by atomic mass is 16.5. The number of carbonyl (C=O) groups excluding carboxylic acids is 2. The van der Waals surface area contributed by atoms with Crippen molar-refractivity contribution in [2.75, 3.05) is 57.1 Å². The quantitative estimate of drug-likeness (QED) is 0.686. The molecule has 0 aliphatic carbocycles. The minimum atomic E-state index is -0.428. The van der Waals surface area contributed by atoms with Gasteiger partial charge in [-0.25, -0.2) is 14.8 Å². The molecule has 1 aliphatic heterocycles. The summed E-state index contributed by atoms with van der Waals surface area (Å²) in [6.07, 6.45) is 2.95. The van der Waals surface area contributed by atoms with E-state index in [1.54, 1.807) is 24.3 Å². The maximum Gasteiger partial charge on any atom is 0.337 e. The van der Waals surface area contributed by atoms with E-state index >= 15 is 0 Å². The molecule has 1 aromatic heterocycles. The number of anilines is 2. The van der Waals surface area contributed by atoms with Crippen molar-refractivity contribution in [1.29, 1.82) is 0 Å². The molecule has 2 heterocycles. The average Bonchev–Trinajstić information content (AvgIpc) is 2.75. The van der Waals surface area contributed by atoms with Crippen molar-refractivity contribution in [2.45, 2.75) is 0 Å². The van der Waals surface area contributed by atoms with E-state index in [2.05, 4.69) is 30.2 Å². The topological polar surface area (TPSA) is 106 Å². The highest BCUT2D eigenvalue weighted by Crippen LogP contribution is 2.12. The number of methoxy groups -OCH3 is 1. The Labute approximate surface area is 163 Å². The first kappa shape index (κ1) is 19.7. The fourth-order valence-electron chi connectivity index (χ4n) is 2.70. The Morgan fingerprint density at radius 2 is 1.79 bits per heavy atom. The predicted octanol–water partition coefficient (Wildman–Crippen LogP) is 1.26. The summed E-state index contributed by atoms with van der Waals surface area (Å²) in [4.78, 5) is 34.4. The molecular weight excluding hydrogens is 362 g/mol. The van der Waals surface area contributed by atoms with Gasteiger partial charge in [0.15, 0.2) is 0 Å². The van der Waals surface area contributed by atoms with E-state index in [9.17, 15) is 9.59 Å². The van der Waals surface area contributed by atoms with Gasteiger partial charge in [-0.2, -0.15) is 0 Å². The van der Waals surface area contributed by atoms with Crippen LogP contribution in [0.2, 0.25) is 0 Å². The van der Waals surface area contributed by atoms with Crippen molar-refractivity contribution < 1.29 is 19.1 Å². The molecule has 2 N–H and O–H groups in total. The van der Waals surface area contributed by atoms with Crippen molar-refractivity contribution in [2.24, 2.45) is 0 Å². The number of ether oxygens (including phenoxy) is 2. The number of carbonyl (C=O) groups is 2. The van der Waals surface area contributed by atoms with Gasteiger partial charge in [0.2, 0.25) is 5.95 Å². The van der Waals surface area contributed by atoms with Crippen LogP contribution < -0.4 is 10.6 Å². The van der Waals surface area contributed by atoms with Crippen molar-refractivity contribution >= 4 is 23.5 Å². The highest BCUT2D eigenvalue weighted by molar-refractivity contribution is 6.04. The van der Waals surface area contributed by atoms with Crippen LogP contribution in [0.25, 0.3) is 0 Å². The molecule has 9 heteroatoms. The van der Waals surface area contributed by atoms with E-state index in [1.807, 2.05) is 0 Å². The number of rotatable bonds is 7. The first-order chi connectivity index (χ1) is 13.7. The first-order valence-electron chi connectivity index (χ1n) is 9.01. The summed E-state index contributed by atoms with van der Waals surface area (Å²) in [5.74, 6) is -0.277. The monoisotopic (exact) mass is 385 g/mol. The van der Waals surface area contributed by atoms with Gasteiger partial charge in [0, 0.05) is 44.3 Å². The normalized spacial score (nSPS) is 14.3. The Kier molecular flexibility index (Phi) is 6.88. The molecule has 0 unspecified atom stereocenters. The number of hydrogen-bond acceptors (Lipinski definition) is 8. The second-order valence-electron chi connectivity index (χ2n) is 6.20. The van der Waals surface area contributed by atoms with Crippen molar-refractivity contribution in [3.63, 3.8) is 0 Å². The fourth-order valence-corrected chi connectivity index (χ4v) is 2.70. The molecule has 1 aliphatic rings. The molecular formula is C19H23N5O4. The predicted molar refractivity (Wildman–Crippen MR) is 104 cm³/mol. The fraction of sp³-hybridized carbons (Fsp3) is 0.368. The standard InChI is InChI=1S/C19H23N5O4/c1-27-18(26)14-2-4-16(5-3-14)23-17(25)15-12-21-19(22-13-15)20-6-7-24-8-10-28-11-9-24/h2-5,12-13H,6-11H2,1H3,(H,23,25)(H,20,21,22). The summed E-state index contributed by atoms with van der Waals surface area (Å²) in [6, 6.07) is 6.43. The molecule has 1 saturated heterocycles.